The number of anilines is 2. The molecule has 0 radical (unpaired) electrons. The lowest BCUT2D eigenvalue weighted by molar-refractivity contribution is -0.384. The summed E-state index contributed by atoms with van der Waals surface area (Å²) in [5, 5.41) is 13.8. The SMILES string of the molecule is Cc1cc([N+](=O)[O-])c(N2CCN(C)CC2)cc1NC=O. The van der Waals surface area contributed by atoms with Crippen molar-refractivity contribution in [2.75, 3.05) is 43.4 Å². The van der Waals surface area contributed by atoms with Gasteiger partial charge in [-0.1, -0.05) is 0 Å². The number of rotatable bonds is 4. The normalized spacial score (nSPS) is 16.0. The summed E-state index contributed by atoms with van der Waals surface area (Å²) in [6.07, 6.45) is 0.585. The van der Waals surface area contributed by atoms with Crippen molar-refractivity contribution in [3.63, 3.8) is 0 Å². The van der Waals surface area contributed by atoms with Gasteiger partial charge in [0.2, 0.25) is 6.41 Å². The van der Waals surface area contributed by atoms with Crippen molar-refractivity contribution in [2.24, 2.45) is 0 Å². The van der Waals surface area contributed by atoms with E-state index < -0.39 is 0 Å². The van der Waals surface area contributed by atoms with Crippen LogP contribution in [0.2, 0.25) is 0 Å². The van der Waals surface area contributed by atoms with E-state index in [0.717, 1.165) is 26.2 Å². The Bertz CT molecular complexity index is 525. The predicted molar refractivity (Wildman–Crippen MR) is 77.2 cm³/mol. The molecule has 1 aromatic carbocycles. The zero-order chi connectivity index (χ0) is 14.7. The minimum atomic E-state index is -0.370. The number of amides is 1. The van der Waals surface area contributed by atoms with Gasteiger partial charge in [-0.2, -0.15) is 0 Å². The number of aryl methyl sites for hydroxylation is 1. The largest absolute Gasteiger partial charge is 0.363 e. The van der Waals surface area contributed by atoms with Crippen LogP contribution in [0.5, 0.6) is 0 Å². The van der Waals surface area contributed by atoms with E-state index in [-0.39, 0.29) is 10.6 Å². The van der Waals surface area contributed by atoms with Crippen LogP contribution in [0.4, 0.5) is 17.1 Å². The highest BCUT2D eigenvalue weighted by atomic mass is 16.6. The molecule has 0 aromatic heterocycles. The van der Waals surface area contributed by atoms with Crippen molar-refractivity contribution in [3.05, 3.63) is 27.8 Å². The number of benzene rings is 1. The molecule has 1 N–H and O–H groups in total. The Morgan fingerprint density at radius 2 is 1.95 bits per heavy atom. The van der Waals surface area contributed by atoms with E-state index in [9.17, 15) is 14.9 Å². The van der Waals surface area contributed by atoms with Gasteiger partial charge >= 0.3 is 0 Å². The molecule has 1 aliphatic heterocycles. The third-order valence-corrected chi connectivity index (χ3v) is 3.58. The van der Waals surface area contributed by atoms with Crippen LogP contribution in [0.1, 0.15) is 5.56 Å². The van der Waals surface area contributed by atoms with Crippen molar-refractivity contribution in [1.82, 2.24) is 4.90 Å². The Balaban J connectivity index is 2.40. The molecule has 1 amide bonds. The first-order chi connectivity index (χ1) is 9.52. The standard InChI is InChI=1S/C13H18N4O3/c1-10-7-13(17(19)20)12(8-11(10)14-9-18)16-5-3-15(2)4-6-16/h7-9H,3-6H2,1-2H3,(H,14,18). The van der Waals surface area contributed by atoms with Crippen molar-refractivity contribution < 1.29 is 9.72 Å². The molecule has 2 rings (SSSR count). The minimum Gasteiger partial charge on any atom is -0.363 e. The molecule has 1 saturated heterocycles. The number of hydrogen-bond acceptors (Lipinski definition) is 5. The van der Waals surface area contributed by atoms with Gasteiger partial charge in [0.15, 0.2) is 0 Å². The van der Waals surface area contributed by atoms with Crippen molar-refractivity contribution >= 4 is 23.5 Å². The van der Waals surface area contributed by atoms with Crippen LogP contribution in [0.3, 0.4) is 0 Å². The van der Waals surface area contributed by atoms with Crippen molar-refractivity contribution in [3.8, 4) is 0 Å². The Morgan fingerprint density at radius 1 is 1.30 bits per heavy atom. The van der Waals surface area contributed by atoms with Gasteiger partial charge in [0.25, 0.3) is 5.69 Å². The van der Waals surface area contributed by atoms with Crippen molar-refractivity contribution in [1.29, 1.82) is 0 Å². The van der Waals surface area contributed by atoms with Gasteiger partial charge in [-0.25, -0.2) is 0 Å². The van der Waals surface area contributed by atoms with E-state index in [0.29, 0.717) is 23.3 Å². The quantitative estimate of drug-likeness (QED) is 0.509. The second kappa shape index (κ2) is 5.87. The third-order valence-electron chi connectivity index (χ3n) is 3.58. The van der Waals surface area contributed by atoms with E-state index in [1.165, 1.54) is 6.07 Å². The second-order valence-electron chi connectivity index (χ2n) is 4.97. The average Bonchev–Trinajstić information content (AvgIpc) is 2.41. The Labute approximate surface area is 117 Å². The first-order valence-electron chi connectivity index (χ1n) is 6.45. The fraction of sp³-hybridized carbons (Fsp3) is 0.462. The number of nitro benzene ring substituents is 1. The third kappa shape index (κ3) is 2.88. The zero-order valence-corrected chi connectivity index (χ0v) is 11.6. The molecule has 1 aliphatic rings. The molecule has 7 nitrogen and oxygen atoms in total. The first-order valence-corrected chi connectivity index (χ1v) is 6.45. The lowest BCUT2D eigenvalue weighted by Crippen LogP contribution is -2.44. The lowest BCUT2D eigenvalue weighted by Gasteiger charge is -2.34. The van der Waals surface area contributed by atoms with Gasteiger partial charge in [0.05, 0.1) is 4.92 Å². The Hall–Kier alpha value is -2.15. The Kier molecular flexibility index (Phi) is 4.19. The maximum Gasteiger partial charge on any atom is 0.292 e. The number of piperazine rings is 1. The van der Waals surface area contributed by atoms with Crippen LogP contribution in [0.15, 0.2) is 12.1 Å². The van der Waals surface area contributed by atoms with Crippen molar-refractivity contribution in [2.45, 2.75) is 6.92 Å². The van der Waals surface area contributed by atoms with Crippen LogP contribution in [-0.4, -0.2) is 49.5 Å². The smallest absolute Gasteiger partial charge is 0.292 e. The maximum atomic E-state index is 11.2. The number of hydrogen-bond donors (Lipinski definition) is 1. The molecular formula is C13H18N4O3. The van der Waals surface area contributed by atoms with Crippen LogP contribution in [-0.2, 0) is 4.79 Å². The predicted octanol–water partition coefficient (Wildman–Crippen LogP) is 1.22. The van der Waals surface area contributed by atoms with E-state index in [4.69, 9.17) is 0 Å². The summed E-state index contributed by atoms with van der Waals surface area (Å²) < 4.78 is 0. The highest BCUT2D eigenvalue weighted by Crippen LogP contribution is 2.34. The summed E-state index contributed by atoms with van der Waals surface area (Å²) in [7, 11) is 2.03. The van der Waals surface area contributed by atoms with Gasteiger partial charge in [0, 0.05) is 37.9 Å². The fourth-order valence-electron chi connectivity index (χ4n) is 2.35. The van der Waals surface area contributed by atoms with E-state index in [1.807, 2.05) is 11.9 Å². The first kappa shape index (κ1) is 14.3. The van der Waals surface area contributed by atoms with Gasteiger partial charge < -0.3 is 15.1 Å². The molecule has 0 unspecified atom stereocenters. The molecule has 1 heterocycles. The molecule has 0 saturated carbocycles. The molecule has 7 heteroatoms. The molecule has 0 spiro atoms. The van der Waals surface area contributed by atoms with E-state index in [1.54, 1.807) is 13.0 Å². The molecule has 0 atom stereocenters. The molecule has 0 bridgehead atoms. The molecule has 1 fully saturated rings. The number of nitrogens with zero attached hydrogens (tertiary/aromatic N) is 3. The summed E-state index contributed by atoms with van der Waals surface area (Å²) in [5.41, 5.74) is 1.95. The zero-order valence-electron chi connectivity index (χ0n) is 11.6. The highest BCUT2D eigenvalue weighted by molar-refractivity contribution is 5.80. The number of carbonyl (C=O) groups excluding carboxylic acids is 1. The number of likely N-dealkylation sites (N-methyl/N-ethyl adjacent to an activating group) is 1. The average molecular weight is 278 g/mol. The highest BCUT2D eigenvalue weighted by Gasteiger charge is 2.24. The molecule has 1 aromatic rings. The number of nitrogens with one attached hydrogen (secondary N) is 1. The van der Waals surface area contributed by atoms with Gasteiger partial charge in [-0.15, -0.1) is 0 Å². The molecule has 108 valence electrons. The molecule has 20 heavy (non-hydrogen) atoms. The summed E-state index contributed by atoms with van der Waals surface area (Å²) >= 11 is 0. The summed E-state index contributed by atoms with van der Waals surface area (Å²) in [6, 6.07) is 3.20. The lowest BCUT2D eigenvalue weighted by atomic mass is 10.1. The van der Waals surface area contributed by atoms with Gasteiger partial charge in [-0.05, 0) is 25.6 Å². The van der Waals surface area contributed by atoms with Crippen LogP contribution < -0.4 is 10.2 Å². The van der Waals surface area contributed by atoms with Gasteiger partial charge in [0.1, 0.15) is 5.69 Å². The number of carbonyl (C=O) groups is 1. The van der Waals surface area contributed by atoms with Crippen LogP contribution >= 0.6 is 0 Å². The minimum absolute atomic E-state index is 0.0866. The molecule has 0 aliphatic carbocycles. The van der Waals surface area contributed by atoms with E-state index in [2.05, 4.69) is 10.2 Å². The Morgan fingerprint density at radius 3 is 2.50 bits per heavy atom. The van der Waals surface area contributed by atoms with Gasteiger partial charge in [-0.3, -0.25) is 14.9 Å². The molecular weight excluding hydrogens is 260 g/mol. The maximum absolute atomic E-state index is 11.2. The van der Waals surface area contributed by atoms with E-state index >= 15 is 0 Å². The second-order valence-corrected chi connectivity index (χ2v) is 4.97. The monoisotopic (exact) mass is 278 g/mol. The van der Waals surface area contributed by atoms with Crippen LogP contribution in [0, 0.1) is 17.0 Å². The fourth-order valence-corrected chi connectivity index (χ4v) is 2.35. The topological polar surface area (TPSA) is 78.7 Å². The number of nitro groups is 1. The summed E-state index contributed by atoms with van der Waals surface area (Å²) in [6.45, 7) is 4.94. The summed E-state index contributed by atoms with van der Waals surface area (Å²) in [4.78, 5) is 25.6. The van der Waals surface area contributed by atoms with Crippen LogP contribution in [0.25, 0.3) is 0 Å². The summed E-state index contributed by atoms with van der Waals surface area (Å²) in [5.74, 6) is 0.